The van der Waals surface area contributed by atoms with Crippen LogP contribution in [-0.4, -0.2) is 31.5 Å². The van der Waals surface area contributed by atoms with E-state index in [4.69, 9.17) is 9.47 Å². The molecule has 90 valence electrons. The molecule has 2 unspecified atom stereocenters. The van der Waals surface area contributed by atoms with Gasteiger partial charge in [0.05, 0.1) is 6.10 Å². The summed E-state index contributed by atoms with van der Waals surface area (Å²) in [5, 5.41) is 9.83. The predicted molar refractivity (Wildman–Crippen MR) is 63.6 cm³/mol. The van der Waals surface area contributed by atoms with Gasteiger partial charge in [-0.25, -0.2) is 0 Å². The zero-order valence-corrected chi connectivity index (χ0v) is 9.93. The van der Waals surface area contributed by atoms with Crippen LogP contribution in [0.2, 0.25) is 0 Å². The molecule has 0 amide bonds. The Labute approximate surface area is 97.0 Å². The fraction of sp³-hybridized carbons (Fsp3) is 0.538. The van der Waals surface area contributed by atoms with E-state index < -0.39 is 6.10 Å². The van der Waals surface area contributed by atoms with Gasteiger partial charge in [-0.1, -0.05) is 25.1 Å². The third kappa shape index (κ3) is 4.64. The minimum absolute atomic E-state index is 0.184. The molecule has 0 radical (unpaired) electrons. The highest BCUT2D eigenvalue weighted by atomic mass is 16.5. The molecule has 3 heteroatoms. The van der Waals surface area contributed by atoms with E-state index in [2.05, 4.69) is 0 Å². The molecule has 3 nitrogen and oxygen atoms in total. The van der Waals surface area contributed by atoms with E-state index in [1.807, 2.05) is 37.3 Å². The van der Waals surface area contributed by atoms with Crippen LogP contribution < -0.4 is 4.74 Å². The first kappa shape index (κ1) is 13.0. The molecule has 0 fully saturated rings. The molecule has 1 aromatic carbocycles. The number of benzene rings is 1. The van der Waals surface area contributed by atoms with E-state index in [1.165, 1.54) is 0 Å². The number of methoxy groups -OCH3 is 1. The number of ether oxygens (including phenoxy) is 2. The van der Waals surface area contributed by atoms with Gasteiger partial charge in [0.2, 0.25) is 0 Å². The summed E-state index contributed by atoms with van der Waals surface area (Å²) in [4.78, 5) is 0. The van der Waals surface area contributed by atoms with Crippen LogP contribution in [0.25, 0.3) is 0 Å². The van der Waals surface area contributed by atoms with E-state index >= 15 is 0 Å². The summed E-state index contributed by atoms with van der Waals surface area (Å²) in [5.74, 6) is 0.976. The number of hydrogen-bond acceptors (Lipinski definition) is 3. The Morgan fingerprint density at radius 2 is 1.94 bits per heavy atom. The van der Waals surface area contributed by atoms with E-state index in [-0.39, 0.29) is 5.92 Å². The van der Waals surface area contributed by atoms with Crippen molar-refractivity contribution in [3.63, 3.8) is 0 Å². The van der Waals surface area contributed by atoms with Gasteiger partial charge in [0, 0.05) is 13.7 Å². The van der Waals surface area contributed by atoms with Gasteiger partial charge >= 0.3 is 0 Å². The average Bonchev–Trinajstić information content (AvgIpc) is 2.34. The second-order valence-corrected chi connectivity index (χ2v) is 3.95. The molecule has 0 spiro atoms. The summed E-state index contributed by atoms with van der Waals surface area (Å²) in [6.07, 6.45) is 0.394. The first-order valence-corrected chi connectivity index (χ1v) is 5.59. The predicted octanol–water partition coefficient (Wildman–Crippen LogP) is 2.10. The van der Waals surface area contributed by atoms with Crippen molar-refractivity contribution in [3.8, 4) is 5.75 Å². The zero-order chi connectivity index (χ0) is 11.8. The standard InChI is InChI=1S/C13H20O3/c1-11(8-9-15-2)13(14)10-16-12-6-4-3-5-7-12/h3-7,11,13-14H,8-10H2,1-2H3. The lowest BCUT2D eigenvalue weighted by molar-refractivity contribution is 0.0484. The van der Waals surface area contributed by atoms with E-state index in [1.54, 1.807) is 7.11 Å². The first-order chi connectivity index (χ1) is 7.74. The van der Waals surface area contributed by atoms with Crippen LogP contribution >= 0.6 is 0 Å². The van der Waals surface area contributed by atoms with Crippen molar-refractivity contribution < 1.29 is 14.6 Å². The third-order valence-corrected chi connectivity index (χ3v) is 2.60. The van der Waals surface area contributed by atoms with Crippen molar-refractivity contribution in [3.05, 3.63) is 30.3 Å². The Morgan fingerprint density at radius 3 is 2.56 bits per heavy atom. The van der Waals surface area contributed by atoms with Crippen LogP contribution in [0.15, 0.2) is 30.3 Å². The Morgan fingerprint density at radius 1 is 1.25 bits per heavy atom. The van der Waals surface area contributed by atoms with Gasteiger partial charge in [0.25, 0.3) is 0 Å². The monoisotopic (exact) mass is 224 g/mol. The SMILES string of the molecule is COCCC(C)C(O)COc1ccccc1. The van der Waals surface area contributed by atoms with Gasteiger partial charge in [-0.3, -0.25) is 0 Å². The molecule has 0 saturated carbocycles. The third-order valence-electron chi connectivity index (χ3n) is 2.60. The molecule has 0 saturated heterocycles. The lowest BCUT2D eigenvalue weighted by atomic mass is 10.0. The van der Waals surface area contributed by atoms with Crippen molar-refractivity contribution in [2.24, 2.45) is 5.92 Å². The lowest BCUT2D eigenvalue weighted by Gasteiger charge is -2.18. The molecule has 0 aromatic heterocycles. The summed E-state index contributed by atoms with van der Waals surface area (Å²) in [5.41, 5.74) is 0. The molecule has 0 aliphatic heterocycles. The smallest absolute Gasteiger partial charge is 0.119 e. The van der Waals surface area contributed by atoms with Crippen molar-refractivity contribution in [2.75, 3.05) is 20.3 Å². The molecule has 2 atom stereocenters. The van der Waals surface area contributed by atoms with E-state index in [9.17, 15) is 5.11 Å². The van der Waals surface area contributed by atoms with Crippen LogP contribution in [0.1, 0.15) is 13.3 Å². The van der Waals surface area contributed by atoms with Crippen LogP contribution in [-0.2, 0) is 4.74 Å². The van der Waals surface area contributed by atoms with Gasteiger partial charge in [0.1, 0.15) is 12.4 Å². The molecule has 16 heavy (non-hydrogen) atoms. The van der Waals surface area contributed by atoms with Crippen LogP contribution in [0, 0.1) is 5.92 Å². The normalized spacial score (nSPS) is 14.4. The largest absolute Gasteiger partial charge is 0.491 e. The number of aliphatic hydroxyl groups is 1. The fourth-order valence-corrected chi connectivity index (χ4v) is 1.36. The van der Waals surface area contributed by atoms with Crippen molar-refractivity contribution in [2.45, 2.75) is 19.4 Å². The van der Waals surface area contributed by atoms with Crippen LogP contribution in [0.4, 0.5) is 0 Å². The van der Waals surface area contributed by atoms with Crippen LogP contribution in [0.3, 0.4) is 0 Å². The van der Waals surface area contributed by atoms with Crippen molar-refractivity contribution in [1.82, 2.24) is 0 Å². The van der Waals surface area contributed by atoms with Gasteiger partial charge in [0.15, 0.2) is 0 Å². The van der Waals surface area contributed by atoms with Gasteiger partial charge in [-0.2, -0.15) is 0 Å². The lowest BCUT2D eigenvalue weighted by Crippen LogP contribution is -2.26. The second-order valence-electron chi connectivity index (χ2n) is 3.95. The Hall–Kier alpha value is -1.06. The van der Waals surface area contributed by atoms with Crippen molar-refractivity contribution in [1.29, 1.82) is 0 Å². The number of rotatable bonds is 7. The Kier molecular flexibility index (Phi) is 5.90. The molecule has 1 N–H and O–H groups in total. The molecular weight excluding hydrogens is 204 g/mol. The topological polar surface area (TPSA) is 38.7 Å². The summed E-state index contributed by atoms with van der Waals surface area (Å²) in [6.45, 7) is 3.00. The molecule has 0 aliphatic carbocycles. The van der Waals surface area contributed by atoms with Crippen LogP contribution in [0.5, 0.6) is 5.75 Å². The summed E-state index contributed by atoms with van der Waals surface area (Å²) < 4.78 is 10.5. The van der Waals surface area contributed by atoms with Gasteiger partial charge in [-0.15, -0.1) is 0 Å². The fourth-order valence-electron chi connectivity index (χ4n) is 1.36. The highest BCUT2D eigenvalue weighted by Crippen LogP contribution is 2.12. The number of hydrogen-bond donors (Lipinski definition) is 1. The quantitative estimate of drug-likeness (QED) is 0.771. The maximum Gasteiger partial charge on any atom is 0.119 e. The molecule has 0 bridgehead atoms. The second kappa shape index (κ2) is 7.25. The minimum Gasteiger partial charge on any atom is -0.491 e. The minimum atomic E-state index is -0.449. The van der Waals surface area contributed by atoms with Gasteiger partial charge in [-0.05, 0) is 24.5 Å². The first-order valence-electron chi connectivity index (χ1n) is 5.59. The summed E-state index contributed by atoms with van der Waals surface area (Å²) >= 11 is 0. The number of aliphatic hydroxyl groups excluding tert-OH is 1. The molecule has 1 rings (SSSR count). The average molecular weight is 224 g/mol. The Bertz CT molecular complexity index is 274. The van der Waals surface area contributed by atoms with E-state index in [0.717, 1.165) is 12.2 Å². The van der Waals surface area contributed by atoms with E-state index in [0.29, 0.717) is 13.2 Å². The zero-order valence-electron chi connectivity index (χ0n) is 9.93. The van der Waals surface area contributed by atoms with Crippen molar-refractivity contribution >= 4 is 0 Å². The molecular formula is C13H20O3. The van der Waals surface area contributed by atoms with Gasteiger partial charge < -0.3 is 14.6 Å². The Balaban J connectivity index is 2.26. The summed E-state index contributed by atoms with van der Waals surface area (Å²) in [6, 6.07) is 9.52. The highest BCUT2D eigenvalue weighted by Gasteiger charge is 2.14. The maximum absolute atomic E-state index is 9.83. The highest BCUT2D eigenvalue weighted by molar-refractivity contribution is 5.20. The summed E-state index contributed by atoms with van der Waals surface area (Å²) in [7, 11) is 1.67. The molecule has 0 heterocycles. The molecule has 1 aromatic rings. The number of para-hydroxylation sites is 1. The molecule has 0 aliphatic rings. The maximum atomic E-state index is 9.83.